The number of hydrogen-bond acceptors (Lipinski definition) is 4. The lowest BCUT2D eigenvalue weighted by Crippen LogP contribution is -2.55. The Balaban J connectivity index is 2.37. The summed E-state index contributed by atoms with van der Waals surface area (Å²) in [5.74, 6) is -1.05. The molecule has 1 aliphatic rings. The van der Waals surface area contributed by atoms with Gasteiger partial charge in [-0.05, 0) is 20.8 Å². The topological polar surface area (TPSA) is 93.1 Å². The van der Waals surface area contributed by atoms with Crippen LogP contribution in [-0.2, 0) is 4.79 Å². The Bertz CT molecular complexity index is 332. The summed E-state index contributed by atoms with van der Waals surface area (Å²) in [5.41, 5.74) is -0.748. The number of rotatable bonds is 4. The third-order valence-electron chi connectivity index (χ3n) is 2.98. The molecule has 0 aliphatic carbocycles. The molecule has 19 heavy (non-hydrogen) atoms. The molecule has 0 radical (unpaired) electrons. The summed E-state index contributed by atoms with van der Waals surface area (Å²) in [4.78, 5) is 26.1. The summed E-state index contributed by atoms with van der Waals surface area (Å²) in [6, 6.07) is -1.24. The zero-order valence-corrected chi connectivity index (χ0v) is 11.7. The van der Waals surface area contributed by atoms with Crippen LogP contribution in [0.1, 0.15) is 20.8 Å². The Morgan fingerprint density at radius 2 is 1.79 bits per heavy atom. The Kier molecular flexibility index (Phi) is 5.13. The van der Waals surface area contributed by atoms with Gasteiger partial charge in [0, 0.05) is 32.7 Å². The number of aliphatic carboxylic acids is 1. The summed E-state index contributed by atoms with van der Waals surface area (Å²) in [7, 11) is 0. The number of urea groups is 1. The molecule has 0 aromatic carbocycles. The first kappa shape index (κ1) is 15.7. The lowest BCUT2D eigenvalue weighted by molar-refractivity contribution is -0.138. The molecule has 0 aromatic heterocycles. The van der Waals surface area contributed by atoms with E-state index >= 15 is 0 Å². The fraction of sp³-hybridized carbons (Fsp3) is 0.833. The van der Waals surface area contributed by atoms with Crippen molar-refractivity contribution in [3.05, 3.63) is 0 Å². The molecule has 7 nitrogen and oxygen atoms in total. The average molecular weight is 273 g/mol. The highest BCUT2D eigenvalue weighted by Gasteiger charge is 2.26. The van der Waals surface area contributed by atoms with E-state index in [1.54, 1.807) is 18.7 Å². The van der Waals surface area contributed by atoms with Crippen LogP contribution in [0.4, 0.5) is 4.79 Å². The van der Waals surface area contributed by atoms with Crippen LogP contribution in [0.15, 0.2) is 0 Å². The van der Waals surface area contributed by atoms with Gasteiger partial charge in [0.2, 0.25) is 0 Å². The van der Waals surface area contributed by atoms with Crippen LogP contribution in [-0.4, -0.2) is 76.4 Å². The van der Waals surface area contributed by atoms with Gasteiger partial charge >= 0.3 is 12.0 Å². The zero-order chi connectivity index (χ0) is 14.6. The first-order chi connectivity index (χ1) is 8.69. The smallest absolute Gasteiger partial charge is 0.325 e. The zero-order valence-electron chi connectivity index (χ0n) is 11.7. The van der Waals surface area contributed by atoms with E-state index in [1.807, 2.05) is 0 Å². The Morgan fingerprint density at radius 3 is 2.21 bits per heavy atom. The number of hydrogen-bond donors (Lipinski definition) is 3. The van der Waals surface area contributed by atoms with Crippen molar-refractivity contribution in [2.75, 3.05) is 32.7 Å². The van der Waals surface area contributed by atoms with Crippen molar-refractivity contribution in [2.24, 2.45) is 0 Å². The van der Waals surface area contributed by atoms with E-state index < -0.39 is 17.6 Å². The third kappa shape index (κ3) is 5.44. The number of β-amino-alcohol motifs (C(OH)–C–C–N with tert-alkyl or cyclic N) is 1. The molecule has 0 aromatic rings. The second kappa shape index (κ2) is 6.21. The van der Waals surface area contributed by atoms with Crippen LogP contribution in [0.25, 0.3) is 0 Å². The maximum absolute atomic E-state index is 11.8. The predicted octanol–water partition coefficient (Wildman–Crippen LogP) is -0.442. The number of nitrogens with zero attached hydrogens (tertiary/aromatic N) is 2. The highest BCUT2D eigenvalue weighted by molar-refractivity contribution is 5.82. The number of carbonyl (C=O) groups is 2. The number of carboxylic acids is 1. The Morgan fingerprint density at radius 1 is 1.26 bits per heavy atom. The number of amides is 2. The highest BCUT2D eigenvalue weighted by atomic mass is 16.4. The lowest BCUT2D eigenvalue weighted by Gasteiger charge is -2.37. The summed E-state index contributed by atoms with van der Waals surface area (Å²) >= 11 is 0. The van der Waals surface area contributed by atoms with Crippen LogP contribution >= 0.6 is 0 Å². The summed E-state index contributed by atoms with van der Waals surface area (Å²) in [6.07, 6.45) is 0. The van der Waals surface area contributed by atoms with E-state index in [0.29, 0.717) is 32.7 Å². The van der Waals surface area contributed by atoms with E-state index in [9.17, 15) is 14.7 Å². The minimum absolute atomic E-state index is 0.349. The van der Waals surface area contributed by atoms with Gasteiger partial charge in [-0.2, -0.15) is 0 Å². The third-order valence-corrected chi connectivity index (χ3v) is 2.98. The maximum Gasteiger partial charge on any atom is 0.325 e. The molecule has 1 saturated heterocycles. The van der Waals surface area contributed by atoms with Crippen LogP contribution < -0.4 is 5.32 Å². The van der Waals surface area contributed by atoms with Crippen molar-refractivity contribution in [1.82, 2.24) is 15.1 Å². The van der Waals surface area contributed by atoms with Crippen LogP contribution in [0.5, 0.6) is 0 Å². The second-order valence-electron chi connectivity index (χ2n) is 5.59. The summed E-state index contributed by atoms with van der Waals surface area (Å²) in [5, 5.41) is 20.9. The molecule has 3 N–H and O–H groups in total. The first-order valence-corrected chi connectivity index (χ1v) is 6.42. The van der Waals surface area contributed by atoms with Gasteiger partial charge in [0.1, 0.15) is 6.04 Å². The lowest BCUT2D eigenvalue weighted by atomic mass is 10.1. The average Bonchev–Trinajstić information content (AvgIpc) is 2.27. The van der Waals surface area contributed by atoms with Gasteiger partial charge in [-0.1, -0.05) is 0 Å². The standard InChI is InChI=1S/C12H23N3O4/c1-9(10(16)17)13-11(18)15-6-4-14(5-7-15)8-12(2,3)19/h9,19H,4-8H2,1-3H3,(H,13,18)(H,16,17)/t9-/m0/s1. The minimum atomic E-state index is -1.05. The van der Waals surface area contributed by atoms with Crippen LogP contribution in [0, 0.1) is 0 Å². The summed E-state index contributed by atoms with van der Waals surface area (Å²) in [6.45, 7) is 7.93. The molecular weight excluding hydrogens is 250 g/mol. The molecule has 110 valence electrons. The van der Waals surface area contributed by atoms with E-state index in [4.69, 9.17) is 5.11 Å². The molecule has 0 unspecified atom stereocenters. The van der Waals surface area contributed by atoms with Gasteiger partial charge in [0.25, 0.3) is 0 Å². The monoisotopic (exact) mass is 273 g/mol. The van der Waals surface area contributed by atoms with Gasteiger partial charge in [-0.25, -0.2) is 4.79 Å². The molecule has 7 heteroatoms. The number of aliphatic hydroxyl groups is 1. The van der Waals surface area contributed by atoms with Gasteiger partial charge in [0.05, 0.1) is 5.60 Å². The van der Waals surface area contributed by atoms with E-state index in [-0.39, 0.29) is 6.03 Å². The molecule has 1 heterocycles. The van der Waals surface area contributed by atoms with Crippen molar-refractivity contribution < 1.29 is 19.8 Å². The van der Waals surface area contributed by atoms with Gasteiger partial charge in [0.15, 0.2) is 0 Å². The quantitative estimate of drug-likeness (QED) is 0.645. The fourth-order valence-electron chi connectivity index (χ4n) is 1.99. The normalized spacial score (nSPS) is 19.1. The largest absolute Gasteiger partial charge is 0.480 e. The van der Waals surface area contributed by atoms with Crippen molar-refractivity contribution in [2.45, 2.75) is 32.4 Å². The molecular formula is C12H23N3O4. The number of piperazine rings is 1. The fourth-order valence-corrected chi connectivity index (χ4v) is 1.99. The van der Waals surface area contributed by atoms with Crippen molar-refractivity contribution in [3.63, 3.8) is 0 Å². The SMILES string of the molecule is C[C@H](NC(=O)N1CCN(CC(C)(C)O)CC1)C(=O)O. The van der Waals surface area contributed by atoms with Crippen molar-refractivity contribution in [1.29, 1.82) is 0 Å². The van der Waals surface area contributed by atoms with Crippen molar-refractivity contribution >= 4 is 12.0 Å². The van der Waals surface area contributed by atoms with Gasteiger partial charge < -0.3 is 20.4 Å². The van der Waals surface area contributed by atoms with E-state index in [0.717, 1.165) is 0 Å². The second-order valence-corrected chi connectivity index (χ2v) is 5.59. The molecule has 1 atom stereocenters. The minimum Gasteiger partial charge on any atom is -0.480 e. The van der Waals surface area contributed by atoms with E-state index in [1.165, 1.54) is 6.92 Å². The summed E-state index contributed by atoms with van der Waals surface area (Å²) < 4.78 is 0. The molecule has 1 fully saturated rings. The van der Waals surface area contributed by atoms with E-state index in [2.05, 4.69) is 10.2 Å². The first-order valence-electron chi connectivity index (χ1n) is 6.42. The molecule has 0 saturated carbocycles. The van der Waals surface area contributed by atoms with Gasteiger partial charge in [-0.3, -0.25) is 9.69 Å². The van der Waals surface area contributed by atoms with Crippen molar-refractivity contribution in [3.8, 4) is 0 Å². The Hall–Kier alpha value is -1.34. The van der Waals surface area contributed by atoms with Crippen LogP contribution in [0.3, 0.4) is 0 Å². The molecule has 1 aliphatic heterocycles. The highest BCUT2D eigenvalue weighted by Crippen LogP contribution is 2.08. The molecule has 1 rings (SSSR count). The number of nitrogens with one attached hydrogen (secondary N) is 1. The molecule has 0 bridgehead atoms. The number of carboxylic acid groups (broad SMARTS) is 1. The maximum atomic E-state index is 11.8. The molecule has 2 amide bonds. The predicted molar refractivity (Wildman–Crippen MR) is 69.9 cm³/mol. The van der Waals surface area contributed by atoms with Gasteiger partial charge in [-0.15, -0.1) is 0 Å². The Labute approximate surface area is 113 Å². The van der Waals surface area contributed by atoms with Crippen LogP contribution in [0.2, 0.25) is 0 Å². The molecule has 0 spiro atoms. The number of carbonyl (C=O) groups excluding carboxylic acids is 1.